The van der Waals surface area contributed by atoms with Crippen molar-refractivity contribution in [2.24, 2.45) is 0 Å². The molecule has 0 saturated carbocycles. The molecule has 1 atom stereocenters. The van der Waals surface area contributed by atoms with Gasteiger partial charge in [-0.25, -0.2) is 0 Å². The molecular weight excluding hydrogens is 264 g/mol. The number of rotatable bonds is 11. The number of ether oxygens (including phenoxy) is 2. The van der Waals surface area contributed by atoms with E-state index in [9.17, 15) is 0 Å². The zero-order valence-electron chi connectivity index (χ0n) is 13.9. The molecule has 0 saturated heterocycles. The molecular formula is C17H30N2O2. The Labute approximate surface area is 129 Å². The SMILES string of the molecule is COc1ccc(CCC(C)NCCOCCN(C)C)cc1. The minimum Gasteiger partial charge on any atom is -0.497 e. The van der Waals surface area contributed by atoms with Gasteiger partial charge in [-0.15, -0.1) is 0 Å². The number of nitrogens with zero attached hydrogens (tertiary/aromatic N) is 1. The Kier molecular flexibility index (Phi) is 9.06. The van der Waals surface area contributed by atoms with Crippen LogP contribution in [-0.2, 0) is 11.2 Å². The van der Waals surface area contributed by atoms with Gasteiger partial charge < -0.3 is 19.7 Å². The van der Waals surface area contributed by atoms with Gasteiger partial charge in [0.25, 0.3) is 0 Å². The summed E-state index contributed by atoms with van der Waals surface area (Å²) in [5, 5.41) is 3.50. The van der Waals surface area contributed by atoms with Gasteiger partial charge in [-0.1, -0.05) is 12.1 Å². The van der Waals surface area contributed by atoms with E-state index < -0.39 is 0 Å². The average molecular weight is 294 g/mol. The highest BCUT2D eigenvalue weighted by atomic mass is 16.5. The number of hydrogen-bond acceptors (Lipinski definition) is 4. The Hall–Kier alpha value is -1.10. The normalized spacial score (nSPS) is 12.6. The highest BCUT2D eigenvalue weighted by molar-refractivity contribution is 5.27. The van der Waals surface area contributed by atoms with Crippen molar-refractivity contribution in [1.29, 1.82) is 0 Å². The van der Waals surface area contributed by atoms with Crippen molar-refractivity contribution < 1.29 is 9.47 Å². The molecule has 4 nitrogen and oxygen atoms in total. The van der Waals surface area contributed by atoms with Gasteiger partial charge in [0.1, 0.15) is 5.75 Å². The summed E-state index contributed by atoms with van der Waals surface area (Å²) in [5.41, 5.74) is 1.35. The van der Waals surface area contributed by atoms with Crippen molar-refractivity contribution in [3.05, 3.63) is 29.8 Å². The molecule has 21 heavy (non-hydrogen) atoms. The summed E-state index contributed by atoms with van der Waals surface area (Å²) in [4.78, 5) is 2.13. The number of likely N-dealkylation sites (N-methyl/N-ethyl adjacent to an activating group) is 1. The lowest BCUT2D eigenvalue weighted by atomic mass is 10.1. The third-order valence-corrected chi connectivity index (χ3v) is 3.45. The number of methoxy groups -OCH3 is 1. The summed E-state index contributed by atoms with van der Waals surface area (Å²) in [7, 11) is 5.81. The molecule has 0 aliphatic heterocycles. The summed E-state index contributed by atoms with van der Waals surface area (Å²) in [5.74, 6) is 0.916. The minimum atomic E-state index is 0.504. The Morgan fingerprint density at radius 2 is 1.86 bits per heavy atom. The molecule has 0 heterocycles. The maximum Gasteiger partial charge on any atom is 0.118 e. The molecule has 0 spiro atoms. The van der Waals surface area contributed by atoms with Crippen LogP contribution in [0.25, 0.3) is 0 Å². The zero-order chi connectivity index (χ0) is 15.5. The Morgan fingerprint density at radius 1 is 1.14 bits per heavy atom. The lowest BCUT2D eigenvalue weighted by Crippen LogP contribution is -2.30. The number of hydrogen-bond donors (Lipinski definition) is 1. The lowest BCUT2D eigenvalue weighted by Gasteiger charge is -2.15. The molecule has 1 aromatic rings. The molecule has 0 aliphatic carbocycles. The largest absolute Gasteiger partial charge is 0.497 e. The van der Waals surface area contributed by atoms with Gasteiger partial charge in [-0.05, 0) is 51.6 Å². The van der Waals surface area contributed by atoms with Crippen LogP contribution in [0.5, 0.6) is 5.75 Å². The van der Waals surface area contributed by atoms with Crippen molar-refractivity contribution in [2.75, 3.05) is 47.5 Å². The van der Waals surface area contributed by atoms with E-state index in [0.717, 1.165) is 44.9 Å². The van der Waals surface area contributed by atoms with E-state index in [1.807, 2.05) is 12.1 Å². The number of benzene rings is 1. The van der Waals surface area contributed by atoms with Crippen molar-refractivity contribution in [3.63, 3.8) is 0 Å². The van der Waals surface area contributed by atoms with Crippen LogP contribution in [0.2, 0.25) is 0 Å². The predicted octanol–water partition coefficient (Wildman–Crippen LogP) is 2.18. The van der Waals surface area contributed by atoms with Gasteiger partial charge in [0, 0.05) is 19.1 Å². The van der Waals surface area contributed by atoms with E-state index in [0.29, 0.717) is 6.04 Å². The molecule has 4 heteroatoms. The molecule has 1 aromatic carbocycles. The van der Waals surface area contributed by atoms with Gasteiger partial charge in [-0.2, -0.15) is 0 Å². The maximum absolute atomic E-state index is 5.57. The second-order valence-corrected chi connectivity index (χ2v) is 5.66. The van der Waals surface area contributed by atoms with Crippen molar-refractivity contribution in [1.82, 2.24) is 10.2 Å². The van der Waals surface area contributed by atoms with Crippen LogP contribution in [-0.4, -0.2) is 58.5 Å². The third kappa shape index (κ3) is 8.71. The lowest BCUT2D eigenvalue weighted by molar-refractivity contribution is 0.117. The van der Waals surface area contributed by atoms with Crippen molar-refractivity contribution in [3.8, 4) is 5.75 Å². The fraction of sp³-hybridized carbons (Fsp3) is 0.647. The van der Waals surface area contributed by atoms with Gasteiger partial charge in [0.15, 0.2) is 0 Å². The van der Waals surface area contributed by atoms with Crippen LogP contribution in [0.3, 0.4) is 0 Å². The van der Waals surface area contributed by atoms with Crippen LogP contribution in [0.4, 0.5) is 0 Å². The molecule has 0 fully saturated rings. The van der Waals surface area contributed by atoms with Gasteiger partial charge in [0.05, 0.1) is 20.3 Å². The number of aryl methyl sites for hydroxylation is 1. The van der Waals surface area contributed by atoms with E-state index >= 15 is 0 Å². The van der Waals surface area contributed by atoms with Crippen LogP contribution in [0.15, 0.2) is 24.3 Å². The first-order valence-corrected chi connectivity index (χ1v) is 7.70. The second-order valence-electron chi connectivity index (χ2n) is 5.66. The van der Waals surface area contributed by atoms with Crippen LogP contribution in [0, 0.1) is 0 Å². The quantitative estimate of drug-likeness (QED) is 0.634. The van der Waals surface area contributed by atoms with Crippen molar-refractivity contribution in [2.45, 2.75) is 25.8 Å². The second kappa shape index (κ2) is 10.6. The Bertz CT molecular complexity index is 366. The van der Waals surface area contributed by atoms with E-state index in [-0.39, 0.29) is 0 Å². The summed E-state index contributed by atoms with van der Waals surface area (Å²) in [6, 6.07) is 8.81. The topological polar surface area (TPSA) is 33.7 Å². The van der Waals surface area contributed by atoms with Gasteiger partial charge in [-0.3, -0.25) is 0 Å². The Balaban J connectivity index is 2.06. The fourth-order valence-corrected chi connectivity index (χ4v) is 2.00. The first-order chi connectivity index (χ1) is 10.1. The predicted molar refractivity (Wildman–Crippen MR) is 88.2 cm³/mol. The van der Waals surface area contributed by atoms with Crippen LogP contribution < -0.4 is 10.1 Å². The minimum absolute atomic E-state index is 0.504. The van der Waals surface area contributed by atoms with E-state index in [4.69, 9.17) is 9.47 Å². The summed E-state index contributed by atoms with van der Waals surface area (Å²) < 4.78 is 10.7. The highest BCUT2D eigenvalue weighted by Gasteiger charge is 2.02. The van der Waals surface area contributed by atoms with Crippen molar-refractivity contribution >= 4 is 0 Å². The summed E-state index contributed by atoms with van der Waals surface area (Å²) in [6.45, 7) is 5.70. The van der Waals surface area contributed by atoms with E-state index in [1.54, 1.807) is 7.11 Å². The first-order valence-electron chi connectivity index (χ1n) is 7.70. The monoisotopic (exact) mass is 294 g/mol. The smallest absolute Gasteiger partial charge is 0.118 e. The number of nitrogens with one attached hydrogen (secondary N) is 1. The molecule has 0 aromatic heterocycles. The molecule has 0 amide bonds. The Morgan fingerprint density at radius 3 is 2.48 bits per heavy atom. The fourth-order valence-electron chi connectivity index (χ4n) is 2.00. The molecule has 0 radical (unpaired) electrons. The zero-order valence-corrected chi connectivity index (χ0v) is 13.9. The van der Waals surface area contributed by atoms with Gasteiger partial charge in [0.2, 0.25) is 0 Å². The average Bonchev–Trinajstić information content (AvgIpc) is 2.49. The summed E-state index contributed by atoms with van der Waals surface area (Å²) >= 11 is 0. The molecule has 120 valence electrons. The standard InChI is InChI=1S/C17H30N2O2/c1-15(18-11-13-21-14-12-19(2)3)5-6-16-7-9-17(20-4)10-8-16/h7-10,15,18H,5-6,11-14H2,1-4H3. The van der Waals surface area contributed by atoms with Crippen LogP contribution in [0.1, 0.15) is 18.9 Å². The first kappa shape index (κ1) is 18.0. The summed E-state index contributed by atoms with van der Waals surface area (Å²) in [6.07, 6.45) is 2.21. The molecule has 0 bridgehead atoms. The highest BCUT2D eigenvalue weighted by Crippen LogP contribution is 2.13. The van der Waals surface area contributed by atoms with E-state index in [1.165, 1.54) is 5.56 Å². The molecule has 1 rings (SSSR count). The van der Waals surface area contributed by atoms with E-state index in [2.05, 4.69) is 43.4 Å². The third-order valence-electron chi connectivity index (χ3n) is 3.45. The van der Waals surface area contributed by atoms with Crippen LogP contribution >= 0.6 is 0 Å². The van der Waals surface area contributed by atoms with Gasteiger partial charge >= 0.3 is 0 Å². The molecule has 1 N–H and O–H groups in total. The molecule has 1 unspecified atom stereocenters. The molecule has 0 aliphatic rings. The maximum atomic E-state index is 5.57.